The highest BCUT2D eigenvalue weighted by atomic mass is 15.3. The number of anilines is 1. The van der Waals surface area contributed by atoms with E-state index in [2.05, 4.69) is 46.6 Å². The Morgan fingerprint density at radius 1 is 1.30 bits per heavy atom. The molecule has 0 saturated carbocycles. The zero-order valence-electron chi connectivity index (χ0n) is 11.4. The molecule has 1 atom stereocenters. The van der Waals surface area contributed by atoms with Crippen molar-refractivity contribution >= 4 is 11.6 Å². The van der Waals surface area contributed by atoms with Gasteiger partial charge in [-0.3, -0.25) is 0 Å². The summed E-state index contributed by atoms with van der Waals surface area (Å²) in [6, 6.07) is 12.7. The summed E-state index contributed by atoms with van der Waals surface area (Å²) in [7, 11) is 0. The van der Waals surface area contributed by atoms with Crippen molar-refractivity contribution in [2.24, 2.45) is 0 Å². The van der Waals surface area contributed by atoms with Crippen LogP contribution >= 0.6 is 0 Å². The Kier molecular flexibility index (Phi) is 2.49. The van der Waals surface area contributed by atoms with E-state index in [-0.39, 0.29) is 0 Å². The molecule has 1 aliphatic rings. The third-order valence-electron chi connectivity index (χ3n) is 3.96. The first kappa shape index (κ1) is 11.5. The summed E-state index contributed by atoms with van der Waals surface area (Å²) in [6.07, 6.45) is 3.09. The predicted octanol–water partition coefficient (Wildman–Crippen LogP) is 2.79. The average molecular weight is 264 g/mol. The van der Waals surface area contributed by atoms with Crippen LogP contribution in [0, 0.1) is 6.92 Å². The summed E-state index contributed by atoms with van der Waals surface area (Å²) >= 11 is 0. The van der Waals surface area contributed by atoms with Crippen LogP contribution in [0.5, 0.6) is 0 Å². The van der Waals surface area contributed by atoms with Crippen molar-refractivity contribution in [3.8, 4) is 0 Å². The summed E-state index contributed by atoms with van der Waals surface area (Å²) in [6.45, 7) is 2.96. The highest BCUT2D eigenvalue weighted by molar-refractivity contribution is 5.46. The second kappa shape index (κ2) is 4.34. The molecule has 0 amide bonds. The number of fused-ring (bicyclic) bond motifs is 2. The highest BCUT2D eigenvalue weighted by Crippen LogP contribution is 2.34. The minimum Gasteiger partial charge on any atom is -0.352 e. The fourth-order valence-electron chi connectivity index (χ4n) is 2.82. The van der Waals surface area contributed by atoms with Gasteiger partial charge < -0.3 is 5.32 Å². The van der Waals surface area contributed by atoms with Gasteiger partial charge in [0, 0.05) is 18.7 Å². The van der Waals surface area contributed by atoms with Crippen molar-refractivity contribution < 1.29 is 0 Å². The maximum atomic E-state index is 4.50. The summed E-state index contributed by atoms with van der Waals surface area (Å²) < 4.78 is 1.81. The van der Waals surface area contributed by atoms with Crippen molar-refractivity contribution in [3.63, 3.8) is 0 Å². The van der Waals surface area contributed by atoms with Gasteiger partial charge in [0.2, 0.25) is 5.95 Å². The Hall–Kier alpha value is -2.36. The van der Waals surface area contributed by atoms with Crippen LogP contribution in [0.2, 0.25) is 0 Å². The summed E-state index contributed by atoms with van der Waals surface area (Å²) in [5, 5.41) is 7.79. The first-order chi connectivity index (χ1) is 9.79. The molecule has 4 rings (SSSR count). The van der Waals surface area contributed by atoms with Crippen LogP contribution in [0.1, 0.15) is 22.6 Å². The number of nitrogens with one attached hydrogen (secondary N) is 1. The van der Waals surface area contributed by atoms with E-state index in [1.165, 1.54) is 16.7 Å². The van der Waals surface area contributed by atoms with E-state index in [1.807, 2.05) is 22.8 Å². The zero-order chi connectivity index (χ0) is 13.5. The van der Waals surface area contributed by atoms with Crippen molar-refractivity contribution in [1.29, 1.82) is 0 Å². The number of pyridine rings is 1. The van der Waals surface area contributed by atoms with Crippen molar-refractivity contribution in [2.75, 3.05) is 11.9 Å². The summed E-state index contributed by atoms with van der Waals surface area (Å²) in [5.41, 5.74) is 5.02. The summed E-state index contributed by atoms with van der Waals surface area (Å²) in [4.78, 5) is 4.50. The Balaban J connectivity index is 1.49. The van der Waals surface area contributed by atoms with Crippen LogP contribution in [0.25, 0.3) is 5.65 Å². The molecule has 1 aromatic carbocycles. The number of rotatable bonds is 3. The van der Waals surface area contributed by atoms with E-state index in [1.54, 1.807) is 0 Å². The van der Waals surface area contributed by atoms with Crippen LogP contribution in [0.3, 0.4) is 0 Å². The molecule has 0 radical (unpaired) electrons. The molecule has 4 heteroatoms. The Bertz CT molecular complexity index is 775. The van der Waals surface area contributed by atoms with Crippen LogP contribution in [0.4, 0.5) is 5.95 Å². The van der Waals surface area contributed by atoms with E-state index < -0.39 is 0 Å². The van der Waals surface area contributed by atoms with Gasteiger partial charge in [0.25, 0.3) is 0 Å². The molecule has 1 N–H and O–H groups in total. The van der Waals surface area contributed by atoms with Crippen molar-refractivity contribution in [2.45, 2.75) is 19.3 Å². The molecule has 3 aromatic rings. The summed E-state index contributed by atoms with van der Waals surface area (Å²) in [5.74, 6) is 1.29. The third kappa shape index (κ3) is 1.84. The van der Waals surface area contributed by atoms with Gasteiger partial charge in [-0.1, -0.05) is 24.3 Å². The number of aryl methyl sites for hydroxylation is 1. The quantitative estimate of drug-likeness (QED) is 0.791. The van der Waals surface area contributed by atoms with E-state index in [4.69, 9.17) is 0 Å². The lowest BCUT2D eigenvalue weighted by Crippen LogP contribution is -2.24. The predicted molar refractivity (Wildman–Crippen MR) is 79.1 cm³/mol. The fraction of sp³-hybridized carbons (Fsp3) is 0.250. The Morgan fingerprint density at radius 2 is 2.20 bits per heavy atom. The molecule has 2 heterocycles. The van der Waals surface area contributed by atoms with Crippen LogP contribution < -0.4 is 5.32 Å². The topological polar surface area (TPSA) is 42.2 Å². The van der Waals surface area contributed by atoms with E-state index in [0.717, 1.165) is 18.6 Å². The zero-order valence-corrected chi connectivity index (χ0v) is 11.4. The van der Waals surface area contributed by atoms with Gasteiger partial charge >= 0.3 is 0 Å². The SMILES string of the molecule is Cc1ccn2nc(NCC3Cc4ccccc43)nc2c1. The molecule has 0 bridgehead atoms. The number of aromatic nitrogens is 3. The van der Waals surface area contributed by atoms with E-state index in [9.17, 15) is 0 Å². The van der Waals surface area contributed by atoms with E-state index >= 15 is 0 Å². The van der Waals surface area contributed by atoms with Gasteiger partial charge in [-0.25, -0.2) is 4.52 Å². The molecular formula is C16H16N4. The maximum Gasteiger partial charge on any atom is 0.243 e. The van der Waals surface area contributed by atoms with Gasteiger partial charge in [-0.05, 0) is 42.2 Å². The second-order valence-corrected chi connectivity index (χ2v) is 5.42. The third-order valence-corrected chi connectivity index (χ3v) is 3.96. The first-order valence-corrected chi connectivity index (χ1v) is 6.94. The first-order valence-electron chi connectivity index (χ1n) is 6.94. The molecule has 20 heavy (non-hydrogen) atoms. The van der Waals surface area contributed by atoms with Crippen LogP contribution in [-0.2, 0) is 6.42 Å². The largest absolute Gasteiger partial charge is 0.352 e. The van der Waals surface area contributed by atoms with Crippen LogP contribution in [-0.4, -0.2) is 21.1 Å². The molecule has 4 nitrogen and oxygen atoms in total. The Labute approximate surface area is 117 Å². The molecule has 2 aromatic heterocycles. The number of nitrogens with zero attached hydrogens (tertiary/aromatic N) is 3. The minimum atomic E-state index is 0.583. The molecular weight excluding hydrogens is 248 g/mol. The molecule has 0 aliphatic heterocycles. The van der Waals surface area contributed by atoms with Gasteiger partial charge in [0.1, 0.15) is 0 Å². The molecule has 100 valence electrons. The van der Waals surface area contributed by atoms with E-state index in [0.29, 0.717) is 11.9 Å². The lowest BCUT2D eigenvalue weighted by Gasteiger charge is -2.29. The molecule has 1 unspecified atom stereocenters. The number of hydrogen-bond donors (Lipinski definition) is 1. The molecule has 0 spiro atoms. The van der Waals surface area contributed by atoms with Gasteiger partial charge in [-0.2, -0.15) is 4.98 Å². The normalized spacial score (nSPS) is 16.8. The second-order valence-electron chi connectivity index (χ2n) is 5.42. The van der Waals surface area contributed by atoms with Crippen molar-refractivity contribution in [1.82, 2.24) is 14.6 Å². The maximum absolute atomic E-state index is 4.50. The number of hydrogen-bond acceptors (Lipinski definition) is 3. The van der Waals surface area contributed by atoms with Crippen molar-refractivity contribution in [3.05, 3.63) is 59.3 Å². The monoisotopic (exact) mass is 264 g/mol. The smallest absolute Gasteiger partial charge is 0.243 e. The molecule has 1 aliphatic carbocycles. The highest BCUT2D eigenvalue weighted by Gasteiger charge is 2.25. The minimum absolute atomic E-state index is 0.583. The van der Waals surface area contributed by atoms with Gasteiger partial charge in [0.15, 0.2) is 5.65 Å². The standard InChI is InChI=1S/C16H16N4/c1-11-6-7-20-15(8-11)18-16(19-20)17-10-13-9-12-4-2-3-5-14(12)13/h2-8,13H,9-10H2,1H3,(H,17,19). The fourth-order valence-corrected chi connectivity index (χ4v) is 2.82. The average Bonchev–Trinajstić information content (AvgIpc) is 2.81. The molecule has 0 fully saturated rings. The Morgan fingerprint density at radius 3 is 3.10 bits per heavy atom. The lowest BCUT2D eigenvalue weighted by molar-refractivity contribution is 0.633. The molecule has 0 saturated heterocycles. The van der Waals surface area contributed by atoms with Gasteiger partial charge in [0.05, 0.1) is 0 Å². The van der Waals surface area contributed by atoms with Crippen LogP contribution in [0.15, 0.2) is 42.6 Å². The lowest BCUT2D eigenvalue weighted by atomic mass is 9.78. The number of benzene rings is 1. The van der Waals surface area contributed by atoms with Gasteiger partial charge in [-0.15, -0.1) is 5.10 Å².